The van der Waals surface area contributed by atoms with Crippen molar-refractivity contribution >= 4 is 28.3 Å². The zero-order valence-corrected chi connectivity index (χ0v) is 20.5. The van der Waals surface area contributed by atoms with Gasteiger partial charge in [0.1, 0.15) is 17.3 Å². The van der Waals surface area contributed by atoms with E-state index in [1.54, 1.807) is 25.6 Å². The van der Waals surface area contributed by atoms with E-state index in [0.717, 1.165) is 41.8 Å². The van der Waals surface area contributed by atoms with Gasteiger partial charge in [-0.2, -0.15) is 0 Å². The Balaban J connectivity index is 1.36. The zero-order valence-electron chi connectivity index (χ0n) is 20.5. The van der Waals surface area contributed by atoms with E-state index in [4.69, 9.17) is 9.72 Å². The molecule has 0 saturated carbocycles. The largest absolute Gasteiger partial charge is 0.495 e. The van der Waals surface area contributed by atoms with Crippen LogP contribution in [0.2, 0.25) is 0 Å². The zero-order chi connectivity index (χ0) is 24.5. The minimum atomic E-state index is -0.00835. The number of hydrogen-bond acceptors (Lipinski definition) is 6. The lowest BCUT2D eigenvalue weighted by Gasteiger charge is -2.25. The highest BCUT2D eigenvalue weighted by atomic mass is 16.5. The van der Waals surface area contributed by atoms with Gasteiger partial charge in [0.2, 0.25) is 0 Å². The number of carbonyl (C=O) groups excluding carboxylic acids is 1. The topological polar surface area (TPSA) is 86.4 Å². The first-order valence-electron chi connectivity index (χ1n) is 11.7. The summed E-state index contributed by atoms with van der Waals surface area (Å²) in [4.78, 5) is 29.7. The van der Waals surface area contributed by atoms with Crippen molar-refractivity contribution in [3.63, 3.8) is 0 Å². The highest BCUT2D eigenvalue weighted by molar-refractivity contribution is 5.95. The van der Waals surface area contributed by atoms with E-state index in [0.29, 0.717) is 22.8 Å². The Morgan fingerprint density at radius 2 is 2.06 bits per heavy atom. The molecule has 0 bridgehead atoms. The number of rotatable bonds is 6. The first-order valence-corrected chi connectivity index (χ1v) is 11.7. The van der Waals surface area contributed by atoms with Gasteiger partial charge in [0.15, 0.2) is 0 Å². The number of methoxy groups -OCH3 is 1. The van der Waals surface area contributed by atoms with Crippen LogP contribution in [0.25, 0.3) is 22.3 Å². The molecule has 1 atom stereocenters. The summed E-state index contributed by atoms with van der Waals surface area (Å²) in [6.07, 6.45) is 4.39. The molecular formula is C27H30N6O2. The fraction of sp³-hybridized carbons (Fsp3) is 0.296. The van der Waals surface area contributed by atoms with E-state index in [1.165, 1.54) is 5.56 Å². The van der Waals surface area contributed by atoms with Crippen LogP contribution in [0.5, 0.6) is 5.75 Å². The van der Waals surface area contributed by atoms with E-state index in [9.17, 15) is 4.79 Å². The number of fused-ring (bicyclic) bond motifs is 1. The Bertz CT molecular complexity index is 1380. The summed E-state index contributed by atoms with van der Waals surface area (Å²) >= 11 is 0. The van der Waals surface area contributed by atoms with E-state index in [1.807, 2.05) is 24.1 Å². The van der Waals surface area contributed by atoms with Crippen molar-refractivity contribution in [3.8, 4) is 17.1 Å². The van der Waals surface area contributed by atoms with E-state index < -0.39 is 0 Å². The molecule has 1 aliphatic rings. The number of aryl methyl sites for hydroxylation is 1. The number of nitrogens with one attached hydrogen (secondary N) is 2. The average Bonchev–Trinajstić information content (AvgIpc) is 3.49. The Hall–Kier alpha value is -3.91. The minimum absolute atomic E-state index is 0.00835. The van der Waals surface area contributed by atoms with Crippen molar-refractivity contribution in [2.75, 3.05) is 39.6 Å². The molecular weight excluding hydrogens is 440 g/mol. The van der Waals surface area contributed by atoms with Crippen LogP contribution in [0.15, 0.2) is 54.9 Å². The number of likely N-dealkylation sites (N-methyl/N-ethyl adjacent to an activating group) is 2. The normalized spacial score (nSPS) is 15.9. The van der Waals surface area contributed by atoms with Crippen molar-refractivity contribution in [1.82, 2.24) is 24.8 Å². The SMILES string of the molecule is COc1cc(C(=O)N(C)C2CCN(C)C2)ccc1Nc1cncc(-c2cc3ccc(C)cc3[nH]2)n1. The second-order valence-corrected chi connectivity index (χ2v) is 9.22. The monoisotopic (exact) mass is 470 g/mol. The molecule has 5 rings (SSSR count). The minimum Gasteiger partial charge on any atom is -0.495 e. The highest BCUT2D eigenvalue weighted by Gasteiger charge is 2.27. The molecule has 0 radical (unpaired) electrons. The van der Waals surface area contributed by atoms with Gasteiger partial charge in [0.25, 0.3) is 5.91 Å². The Kier molecular flexibility index (Phi) is 6.13. The first-order chi connectivity index (χ1) is 16.9. The van der Waals surface area contributed by atoms with Gasteiger partial charge in [0, 0.05) is 36.1 Å². The number of aromatic nitrogens is 3. The number of likely N-dealkylation sites (tertiary alicyclic amines) is 1. The first kappa shape index (κ1) is 22.9. The summed E-state index contributed by atoms with van der Waals surface area (Å²) < 4.78 is 5.60. The van der Waals surface area contributed by atoms with Crippen molar-refractivity contribution < 1.29 is 9.53 Å². The lowest BCUT2D eigenvalue weighted by atomic mass is 10.1. The number of carbonyl (C=O) groups is 1. The van der Waals surface area contributed by atoms with Gasteiger partial charge in [-0.15, -0.1) is 0 Å². The molecule has 1 unspecified atom stereocenters. The summed E-state index contributed by atoms with van der Waals surface area (Å²) in [6.45, 7) is 3.97. The summed E-state index contributed by atoms with van der Waals surface area (Å²) in [5, 5.41) is 4.42. The molecule has 8 heteroatoms. The third-order valence-electron chi connectivity index (χ3n) is 6.63. The van der Waals surface area contributed by atoms with Crippen LogP contribution < -0.4 is 10.1 Å². The molecule has 1 fully saturated rings. The standard InChI is InChI=1S/C27H30N6O2/c1-17-5-6-18-12-23(29-22(18)11-17)24-14-28-15-26(31-24)30-21-8-7-19(13-25(21)35-4)27(34)33(3)20-9-10-32(2)16-20/h5-8,11-15,20,29H,9-10,16H2,1-4H3,(H,30,31). The fourth-order valence-electron chi connectivity index (χ4n) is 4.60. The van der Waals surface area contributed by atoms with Gasteiger partial charge in [-0.3, -0.25) is 9.78 Å². The second-order valence-electron chi connectivity index (χ2n) is 9.22. The lowest BCUT2D eigenvalue weighted by molar-refractivity contribution is 0.0737. The number of nitrogens with zero attached hydrogens (tertiary/aromatic N) is 4. The number of H-pyrrole nitrogens is 1. The molecule has 8 nitrogen and oxygen atoms in total. The maximum atomic E-state index is 13.1. The quantitative estimate of drug-likeness (QED) is 0.433. The van der Waals surface area contributed by atoms with Crippen molar-refractivity contribution in [2.45, 2.75) is 19.4 Å². The van der Waals surface area contributed by atoms with Crippen molar-refractivity contribution in [1.29, 1.82) is 0 Å². The molecule has 1 amide bonds. The summed E-state index contributed by atoms with van der Waals surface area (Å²) in [5.74, 6) is 1.15. The smallest absolute Gasteiger partial charge is 0.254 e. The molecule has 1 aliphatic heterocycles. The number of aromatic amines is 1. The molecule has 4 aromatic rings. The van der Waals surface area contributed by atoms with E-state index in [-0.39, 0.29) is 11.9 Å². The van der Waals surface area contributed by atoms with Crippen LogP contribution in [-0.4, -0.2) is 71.0 Å². The van der Waals surface area contributed by atoms with E-state index >= 15 is 0 Å². The van der Waals surface area contributed by atoms with Crippen molar-refractivity contribution in [2.24, 2.45) is 0 Å². The molecule has 2 aromatic heterocycles. The molecule has 0 aliphatic carbocycles. The molecule has 180 valence electrons. The number of amides is 1. The summed E-state index contributed by atoms with van der Waals surface area (Å²) in [6, 6.07) is 14.0. The van der Waals surface area contributed by atoms with Crippen LogP contribution in [0, 0.1) is 6.92 Å². The predicted octanol–water partition coefficient (Wildman–Crippen LogP) is 4.46. The maximum Gasteiger partial charge on any atom is 0.254 e. The van der Waals surface area contributed by atoms with Gasteiger partial charge in [-0.05, 0) is 62.8 Å². The number of anilines is 2. The number of ether oxygens (including phenoxy) is 1. The van der Waals surface area contributed by atoms with Gasteiger partial charge >= 0.3 is 0 Å². The molecule has 2 N–H and O–H groups in total. The van der Waals surface area contributed by atoms with Crippen LogP contribution in [0.3, 0.4) is 0 Å². The van der Waals surface area contributed by atoms with Gasteiger partial charge < -0.3 is 24.8 Å². The van der Waals surface area contributed by atoms with Crippen molar-refractivity contribution in [3.05, 3.63) is 66.0 Å². The van der Waals surface area contributed by atoms with Crippen LogP contribution in [0.1, 0.15) is 22.3 Å². The molecule has 35 heavy (non-hydrogen) atoms. The Morgan fingerprint density at radius 3 is 2.83 bits per heavy atom. The maximum absolute atomic E-state index is 13.1. The van der Waals surface area contributed by atoms with Crippen LogP contribution >= 0.6 is 0 Å². The average molecular weight is 471 g/mol. The third-order valence-corrected chi connectivity index (χ3v) is 6.63. The third kappa shape index (κ3) is 4.70. The number of hydrogen-bond donors (Lipinski definition) is 2. The molecule has 3 heterocycles. The van der Waals surface area contributed by atoms with Crippen LogP contribution in [-0.2, 0) is 0 Å². The summed E-state index contributed by atoms with van der Waals surface area (Å²) in [5.41, 5.74) is 5.20. The lowest BCUT2D eigenvalue weighted by Crippen LogP contribution is -2.38. The van der Waals surface area contributed by atoms with E-state index in [2.05, 4.69) is 58.4 Å². The Morgan fingerprint density at radius 1 is 1.20 bits per heavy atom. The highest BCUT2D eigenvalue weighted by Crippen LogP contribution is 2.30. The Labute approximate surface area is 204 Å². The number of benzene rings is 2. The van der Waals surface area contributed by atoms with Crippen LogP contribution in [0.4, 0.5) is 11.5 Å². The second kappa shape index (κ2) is 9.38. The molecule has 0 spiro atoms. The predicted molar refractivity (Wildman–Crippen MR) is 138 cm³/mol. The van der Waals surface area contributed by atoms with Gasteiger partial charge in [0.05, 0.1) is 30.9 Å². The fourth-order valence-corrected chi connectivity index (χ4v) is 4.60. The summed E-state index contributed by atoms with van der Waals surface area (Å²) in [7, 11) is 5.55. The molecule has 2 aromatic carbocycles. The molecule has 1 saturated heterocycles. The van der Waals surface area contributed by atoms with Gasteiger partial charge in [-0.25, -0.2) is 4.98 Å². The van der Waals surface area contributed by atoms with Gasteiger partial charge in [-0.1, -0.05) is 12.1 Å².